The quantitative estimate of drug-likeness (QED) is 0.880. The van der Waals surface area contributed by atoms with Crippen molar-refractivity contribution < 1.29 is 4.74 Å². The fourth-order valence-electron chi connectivity index (χ4n) is 2.24. The first-order valence-electron chi connectivity index (χ1n) is 6.89. The molecule has 2 aromatic rings. The molecule has 0 aliphatic heterocycles. The molecule has 0 amide bonds. The van der Waals surface area contributed by atoms with Gasteiger partial charge in [0.05, 0.1) is 13.2 Å². The predicted molar refractivity (Wildman–Crippen MR) is 84.6 cm³/mol. The average molecular weight is 290 g/mol. The van der Waals surface area contributed by atoms with Gasteiger partial charge in [-0.15, -0.1) is 11.3 Å². The summed E-state index contributed by atoms with van der Waals surface area (Å²) in [7, 11) is 1.69. The van der Waals surface area contributed by atoms with Gasteiger partial charge in [0.1, 0.15) is 10.8 Å². The second-order valence-corrected chi connectivity index (χ2v) is 6.06. The molecule has 2 atom stereocenters. The number of nitrogens with zero attached hydrogens (tertiary/aromatic N) is 1. The van der Waals surface area contributed by atoms with Crippen molar-refractivity contribution in [1.29, 1.82) is 0 Å². The minimum Gasteiger partial charge on any atom is -0.497 e. The summed E-state index contributed by atoms with van der Waals surface area (Å²) < 4.78 is 5.18. The molecular formula is C16H22N2OS. The van der Waals surface area contributed by atoms with Crippen molar-refractivity contribution in [2.24, 2.45) is 0 Å². The van der Waals surface area contributed by atoms with Crippen molar-refractivity contribution in [1.82, 2.24) is 10.3 Å². The molecule has 3 nitrogen and oxygen atoms in total. The molecule has 1 aromatic heterocycles. The maximum absolute atomic E-state index is 5.18. The molecule has 1 heterocycles. The van der Waals surface area contributed by atoms with E-state index in [9.17, 15) is 0 Å². The number of aromatic nitrogens is 1. The Balaban J connectivity index is 1.89. The van der Waals surface area contributed by atoms with E-state index >= 15 is 0 Å². The highest BCUT2D eigenvalue weighted by molar-refractivity contribution is 7.09. The van der Waals surface area contributed by atoms with Crippen LogP contribution < -0.4 is 10.1 Å². The van der Waals surface area contributed by atoms with Crippen molar-refractivity contribution in [3.8, 4) is 5.75 Å². The maximum Gasteiger partial charge on any atom is 0.118 e. The molecule has 0 saturated carbocycles. The SMILES string of the molecule is COc1ccc(CC(C)NC(C)c2nc(C)cs2)cc1. The number of rotatable bonds is 6. The number of ether oxygens (including phenoxy) is 1. The van der Waals surface area contributed by atoms with Crippen LogP contribution in [0.5, 0.6) is 5.75 Å². The van der Waals surface area contributed by atoms with Crippen LogP contribution >= 0.6 is 11.3 Å². The zero-order valence-electron chi connectivity index (χ0n) is 12.5. The maximum atomic E-state index is 5.18. The molecule has 2 rings (SSSR count). The summed E-state index contributed by atoms with van der Waals surface area (Å²) in [5.41, 5.74) is 2.41. The van der Waals surface area contributed by atoms with Crippen molar-refractivity contribution >= 4 is 11.3 Å². The van der Waals surface area contributed by atoms with Crippen LogP contribution in [-0.4, -0.2) is 18.1 Å². The summed E-state index contributed by atoms with van der Waals surface area (Å²) in [6.45, 7) is 6.41. The number of aryl methyl sites for hydroxylation is 1. The number of nitrogens with one attached hydrogen (secondary N) is 1. The van der Waals surface area contributed by atoms with Crippen LogP contribution in [0.4, 0.5) is 0 Å². The number of hydrogen-bond acceptors (Lipinski definition) is 4. The second-order valence-electron chi connectivity index (χ2n) is 5.17. The minimum absolute atomic E-state index is 0.293. The Kier molecular flexibility index (Phi) is 5.15. The van der Waals surface area contributed by atoms with Gasteiger partial charge >= 0.3 is 0 Å². The van der Waals surface area contributed by atoms with E-state index in [1.807, 2.05) is 19.1 Å². The molecule has 108 valence electrons. The fourth-order valence-corrected chi connectivity index (χ4v) is 3.06. The van der Waals surface area contributed by atoms with Gasteiger partial charge < -0.3 is 10.1 Å². The van der Waals surface area contributed by atoms with Crippen LogP contribution in [0.25, 0.3) is 0 Å². The molecule has 1 N–H and O–H groups in total. The topological polar surface area (TPSA) is 34.1 Å². The normalized spacial score (nSPS) is 14.0. The molecular weight excluding hydrogens is 268 g/mol. The summed E-state index contributed by atoms with van der Waals surface area (Å²) in [5.74, 6) is 0.904. The Morgan fingerprint density at radius 3 is 2.50 bits per heavy atom. The molecule has 0 radical (unpaired) electrons. The molecule has 4 heteroatoms. The predicted octanol–water partition coefficient (Wildman–Crippen LogP) is 3.74. The highest BCUT2D eigenvalue weighted by Gasteiger charge is 2.12. The van der Waals surface area contributed by atoms with Gasteiger partial charge in [-0.1, -0.05) is 12.1 Å². The number of hydrogen-bond donors (Lipinski definition) is 1. The summed E-state index contributed by atoms with van der Waals surface area (Å²) >= 11 is 1.72. The van der Waals surface area contributed by atoms with Gasteiger partial charge in [0, 0.05) is 17.1 Å². The first-order chi connectivity index (χ1) is 9.58. The van der Waals surface area contributed by atoms with Gasteiger partial charge in [0.15, 0.2) is 0 Å². The van der Waals surface area contributed by atoms with E-state index < -0.39 is 0 Å². The molecule has 0 aliphatic carbocycles. The van der Waals surface area contributed by atoms with Crippen LogP contribution in [0, 0.1) is 6.92 Å². The highest BCUT2D eigenvalue weighted by atomic mass is 32.1. The lowest BCUT2D eigenvalue weighted by Crippen LogP contribution is -2.30. The number of methoxy groups -OCH3 is 1. The van der Waals surface area contributed by atoms with E-state index in [0.29, 0.717) is 12.1 Å². The van der Waals surface area contributed by atoms with E-state index in [2.05, 4.69) is 41.7 Å². The summed E-state index contributed by atoms with van der Waals surface area (Å²) in [6, 6.07) is 8.96. The van der Waals surface area contributed by atoms with Gasteiger partial charge in [0.25, 0.3) is 0 Å². The second kappa shape index (κ2) is 6.86. The van der Waals surface area contributed by atoms with Crippen LogP contribution in [0.3, 0.4) is 0 Å². The molecule has 0 bridgehead atoms. The number of benzene rings is 1. The third kappa shape index (κ3) is 4.05. The van der Waals surface area contributed by atoms with E-state index in [0.717, 1.165) is 22.9 Å². The largest absolute Gasteiger partial charge is 0.497 e. The van der Waals surface area contributed by atoms with E-state index in [-0.39, 0.29) is 0 Å². The zero-order valence-corrected chi connectivity index (χ0v) is 13.3. The molecule has 20 heavy (non-hydrogen) atoms. The van der Waals surface area contributed by atoms with Gasteiger partial charge in [-0.05, 0) is 44.9 Å². The standard InChI is InChI=1S/C16H22N2OS/c1-11(9-14-5-7-15(19-4)8-6-14)17-13(3)16-18-12(2)10-20-16/h5-8,10-11,13,17H,9H2,1-4H3. The van der Waals surface area contributed by atoms with Crippen molar-refractivity contribution in [2.75, 3.05) is 7.11 Å². The van der Waals surface area contributed by atoms with Crippen LogP contribution in [0.15, 0.2) is 29.6 Å². The first-order valence-corrected chi connectivity index (χ1v) is 7.77. The van der Waals surface area contributed by atoms with E-state index in [4.69, 9.17) is 4.74 Å². The summed E-state index contributed by atoms with van der Waals surface area (Å²) in [5, 5.41) is 6.86. The zero-order chi connectivity index (χ0) is 14.5. The minimum atomic E-state index is 0.293. The lowest BCUT2D eigenvalue weighted by atomic mass is 10.1. The highest BCUT2D eigenvalue weighted by Crippen LogP contribution is 2.19. The van der Waals surface area contributed by atoms with Crippen molar-refractivity contribution in [3.63, 3.8) is 0 Å². The van der Waals surface area contributed by atoms with Crippen LogP contribution in [0.2, 0.25) is 0 Å². The van der Waals surface area contributed by atoms with Gasteiger partial charge in [-0.25, -0.2) is 4.98 Å². The monoisotopic (exact) mass is 290 g/mol. The van der Waals surface area contributed by atoms with E-state index in [1.54, 1.807) is 18.4 Å². The Bertz CT molecular complexity index is 536. The smallest absolute Gasteiger partial charge is 0.118 e. The third-order valence-corrected chi connectivity index (χ3v) is 4.39. The van der Waals surface area contributed by atoms with Crippen molar-refractivity contribution in [3.05, 3.63) is 45.9 Å². The molecule has 0 spiro atoms. The van der Waals surface area contributed by atoms with Crippen LogP contribution in [0.1, 0.15) is 36.2 Å². The Hall–Kier alpha value is -1.39. The van der Waals surface area contributed by atoms with Gasteiger partial charge in [0.2, 0.25) is 0 Å². The Morgan fingerprint density at radius 2 is 1.95 bits per heavy atom. The van der Waals surface area contributed by atoms with Gasteiger partial charge in [-0.2, -0.15) is 0 Å². The Morgan fingerprint density at radius 1 is 1.25 bits per heavy atom. The summed E-state index contributed by atoms with van der Waals surface area (Å²) in [6.07, 6.45) is 0.999. The summed E-state index contributed by atoms with van der Waals surface area (Å²) in [4.78, 5) is 4.53. The molecule has 0 fully saturated rings. The van der Waals surface area contributed by atoms with Gasteiger partial charge in [-0.3, -0.25) is 0 Å². The van der Waals surface area contributed by atoms with Crippen LogP contribution in [-0.2, 0) is 6.42 Å². The average Bonchev–Trinajstić information content (AvgIpc) is 2.86. The third-order valence-electron chi connectivity index (χ3n) is 3.24. The lowest BCUT2D eigenvalue weighted by Gasteiger charge is -2.18. The lowest BCUT2D eigenvalue weighted by molar-refractivity contribution is 0.414. The molecule has 1 aromatic carbocycles. The fraction of sp³-hybridized carbons (Fsp3) is 0.438. The molecule has 0 aliphatic rings. The van der Waals surface area contributed by atoms with E-state index in [1.165, 1.54) is 5.56 Å². The molecule has 0 saturated heterocycles. The molecule has 2 unspecified atom stereocenters. The first kappa shape index (κ1) is 15.0. The number of thiazole rings is 1. The van der Waals surface area contributed by atoms with Crippen molar-refractivity contribution in [2.45, 2.75) is 39.3 Å². The Labute approximate surface area is 125 Å².